The Morgan fingerprint density at radius 2 is 2.07 bits per heavy atom. The van der Waals surface area contributed by atoms with Gasteiger partial charge in [-0.05, 0) is 50.3 Å². The van der Waals surface area contributed by atoms with Crippen LogP contribution in [0.15, 0.2) is 18.2 Å². The lowest BCUT2D eigenvalue weighted by atomic mass is 10.0. The highest BCUT2D eigenvalue weighted by atomic mass is 32.2. The van der Waals surface area contributed by atoms with Crippen LogP contribution >= 0.6 is 11.8 Å². The van der Waals surface area contributed by atoms with Gasteiger partial charge >= 0.3 is 5.97 Å². The number of nitrogens with one attached hydrogen (secondary N) is 1. The van der Waals surface area contributed by atoms with E-state index < -0.39 is 0 Å². The summed E-state index contributed by atoms with van der Waals surface area (Å²) >= 11 is 1.74. The summed E-state index contributed by atoms with van der Waals surface area (Å²) in [5.74, 6) is 2.31. The summed E-state index contributed by atoms with van der Waals surface area (Å²) in [5, 5.41) is 4.54. The molecule has 8 heteroatoms. The number of carbonyl (C=O) groups is 1. The topological polar surface area (TPSA) is 76.6 Å². The number of rotatable bonds is 8. The molecule has 29 heavy (non-hydrogen) atoms. The molecule has 1 saturated heterocycles. The van der Waals surface area contributed by atoms with Crippen molar-refractivity contribution in [3.8, 4) is 5.75 Å². The number of methoxy groups -OCH3 is 2. The molecule has 158 valence electrons. The van der Waals surface area contributed by atoms with Gasteiger partial charge in [0.05, 0.1) is 25.4 Å². The number of hydrogen-bond acceptors (Lipinski definition) is 8. The molecular formula is C21H30N4O3S. The van der Waals surface area contributed by atoms with E-state index in [1.807, 2.05) is 31.4 Å². The summed E-state index contributed by atoms with van der Waals surface area (Å²) in [4.78, 5) is 23.8. The molecule has 1 atom stereocenters. The number of nitrogens with zero attached hydrogens (tertiary/aromatic N) is 3. The fourth-order valence-corrected chi connectivity index (χ4v) is 4.17. The van der Waals surface area contributed by atoms with Gasteiger partial charge in [-0.25, -0.2) is 9.97 Å². The Hall–Kier alpha value is -2.06. The number of piperidine rings is 1. The van der Waals surface area contributed by atoms with E-state index in [4.69, 9.17) is 19.4 Å². The summed E-state index contributed by atoms with van der Waals surface area (Å²) in [6, 6.07) is 5.94. The molecule has 1 aromatic heterocycles. The molecule has 0 spiro atoms. The van der Waals surface area contributed by atoms with Crippen LogP contribution in [0.4, 0.5) is 5.95 Å². The van der Waals surface area contributed by atoms with Crippen molar-refractivity contribution in [3.63, 3.8) is 0 Å². The summed E-state index contributed by atoms with van der Waals surface area (Å²) in [6.45, 7) is 3.72. The Kier molecular flexibility index (Phi) is 7.55. The molecule has 3 rings (SSSR count). The van der Waals surface area contributed by atoms with E-state index in [2.05, 4.69) is 10.2 Å². The summed E-state index contributed by atoms with van der Waals surface area (Å²) in [6.07, 6.45) is 4.70. The van der Waals surface area contributed by atoms with Gasteiger partial charge in [0.1, 0.15) is 11.8 Å². The number of carbonyl (C=O) groups excluding carboxylic acids is 1. The van der Waals surface area contributed by atoms with Crippen LogP contribution in [0.2, 0.25) is 0 Å². The third-order valence-corrected chi connectivity index (χ3v) is 6.04. The van der Waals surface area contributed by atoms with Crippen LogP contribution in [0.5, 0.6) is 5.75 Å². The minimum atomic E-state index is -0.240. The van der Waals surface area contributed by atoms with Crippen LogP contribution in [0.25, 0.3) is 10.9 Å². The lowest BCUT2D eigenvalue weighted by molar-refractivity contribution is -0.143. The van der Waals surface area contributed by atoms with E-state index in [9.17, 15) is 4.79 Å². The summed E-state index contributed by atoms with van der Waals surface area (Å²) < 4.78 is 10.3. The van der Waals surface area contributed by atoms with Gasteiger partial charge in [0, 0.05) is 30.6 Å². The Labute approximate surface area is 176 Å². The van der Waals surface area contributed by atoms with Gasteiger partial charge in [-0.2, -0.15) is 11.8 Å². The molecule has 2 aromatic rings. The number of hydrogen-bond donors (Lipinski definition) is 1. The van der Waals surface area contributed by atoms with Crippen molar-refractivity contribution >= 4 is 34.6 Å². The first-order valence-corrected chi connectivity index (χ1v) is 11.3. The lowest BCUT2D eigenvalue weighted by Gasteiger charge is -2.34. The maximum atomic E-state index is 12.1. The molecule has 1 N–H and O–H groups in total. The van der Waals surface area contributed by atoms with Crippen molar-refractivity contribution in [1.29, 1.82) is 0 Å². The van der Waals surface area contributed by atoms with Gasteiger partial charge in [0.2, 0.25) is 5.95 Å². The van der Waals surface area contributed by atoms with Gasteiger partial charge in [-0.1, -0.05) is 0 Å². The third kappa shape index (κ3) is 5.30. The van der Waals surface area contributed by atoms with E-state index in [0.29, 0.717) is 6.04 Å². The van der Waals surface area contributed by atoms with Crippen molar-refractivity contribution in [2.45, 2.75) is 38.3 Å². The normalized spacial score (nSPS) is 16.1. The minimum Gasteiger partial charge on any atom is -0.497 e. The van der Waals surface area contributed by atoms with E-state index in [0.717, 1.165) is 66.4 Å². The van der Waals surface area contributed by atoms with Gasteiger partial charge < -0.3 is 19.7 Å². The summed E-state index contributed by atoms with van der Waals surface area (Å²) in [7, 11) is 3.11. The molecule has 2 heterocycles. The Morgan fingerprint density at radius 3 is 2.72 bits per heavy atom. The van der Waals surface area contributed by atoms with E-state index in [1.54, 1.807) is 18.9 Å². The largest absolute Gasteiger partial charge is 0.497 e. The van der Waals surface area contributed by atoms with Crippen LogP contribution in [0, 0.1) is 6.92 Å². The fraction of sp³-hybridized carbons (Fsp3) is 0.571. The van der Waals surface area contributed by atoms with Gasteiger partial charge in [0.15, 0.2) is 0 Å². The highest BCUT2D eigenvalue weighted by Gasteiger charge is 2.26. The van der Waals surface area contributed by atoms with E-state index in [-0.39, 0.29) is 12.0 Å². The number of benzene rings is 1. The second-order valence-electron chi connectivity index (χ2n) is 7.28. The molecule has 1 aliphatic heterocycles. The fourth-order valence-electron chi connectivity index (χ4n) is 3.70. The monoisotopic (exact) mass is 418 g/mol. The molecule has 0 aliphatic carbocycles. The number of thioether (sulfide) groups is 1. The molecular weight excluding hydrogens is 388 g/mol. The number of fused-ring (bicyclic) bond motifs is 1. The van der Waals surface area contributed by atoms with Crippen LogP contribution in [0.3, 0.4) is 0 Å². The number of esters is 1. The van der Waals surface area contributed by atoms with Crippen molar-refractivity contribution < 1.29 is 14.3 Å². The molecule has 0 amide bonds. The molecule has 0 radical (unpaired) electrons. The van der Waals surface area contributed by atoms with Crippen molar-refractivity contribution in [2.75, 3.05) is 44.2 Å². The minimum absolute atomic E-state index is 0.177. The van der Waals surface area contributed by atoms with Crippen LogP contribution in [0.1, 0.15) is 25.0 Å². The first-order chi connectivity index (χ1) is 14.0. The van der Waals surface area contributed by atoms with E-state index >= 15 is 0 Å². The van der Waals surface area contributed by atoms with Crippen LogP contribution in [-0.4, -0.2) is 67.3 Å². The third-order valence-electron chi connectivity index (χ3n) is 5.39. The van der Waals surface area contributed by atoms with Crippen molar-refractivity contribution in [3.05, 3.63) is 23.9 Å². The van der Waals surface area contributed by atoms with Crippen molar-refractivity contribution in [1.82, 2.24) is 15.3 Å². The maximum absolute atomic E-state index is 12.1. The second kappa shape index (κ2) is 10.1. The predicted octanol–water partition coefficient (Wildman–Crippen LogP) is 2.80. The van der Waals surface area contributed by atoms with E-state index in [1.165, 1.54) is 7.11 Å². The predicted molar refractivity (Wildman–Crippen MR) is 118 cm³/mol. The highest BCUT2D eigenvalue weighted by Crippen LogP contribution is 2.25. The standard InChI is InChI=1S/C21H30N4O3S/c1-14-17-6-5-16(27-2)13-19(17)24-21(22-14)25-10-7-15(8-11-25)23-18(9-12-29-4)20(26)28-3/h5-6,13,15,18,23H,7-12H2,1-4H3. The van der Waals surface area contributed by atoms with Gasteiger partial charge in [-0.3, -0.25) is 4.79 Å². The quantitative estimate of drug-likeness (QED) is 0.656. The Bertz CT molecular complexity index is 840. The number of ether oxygens (including phenoxy) is 2. The Morgan fingerprint density at radius 1 is 1.31 bits per heavy atom. The molecule has 7 nitrogen and oxygen atoms in total. The average Bonchev–Trinajstić information content (AvgIpc) is 2.76. The molecule has 0 saturated carbocycles. The zero-order chi connectivity index (χ0) is 20.8. The SMILES string of the molecule is COC(=O)C(CCSC)NC1CCN(c2nc(C)c3ccc(OC)cc3n2)CC1. The Balaban J connectivity index is 1.66. The number of aromatic nitrogens is 2. The van der Waals surface area contributed by atoms with Gasteiger partial charge in [0.25, 0.3) is 0 Å². The molecule has 1 aromatic carbocycles. The first-order valence-electron chi connectivity index (χ1n) is 9.96. The van der Waals surface area contributed by atoms with Crippen molar-refractivity contribution in [2.24, 2.45) is 0 Å². The van der Waals surface area contributed by atoms with Crippen LogP contribution in [-0.2, 0) is 9.53 Å². The zero-order valence-corrected chi connectivity index (χ0v) is 18.4. The maximum Gasteiger partial charge on any atom is 0.322 e. The summed E-state index contributed by atoms with van der Waals surface area (Å²) in [5.41, 5.74) is 1.87. The molecule has 1 unspecified atom stereocenters. The zero-order valence-electron chi connectivity index (χ0n) is 17.6. The number of aryl methyl sites for hydroxylation is 1. The lowest BCUT2D eigenvalue weighted by Crippen LogP contribution is -2.49. The van der Waals surface area contributed by atoms with Crippen LogP contribution < -0.4 is 15.0 Å². The first kappa shape index (κ1) is 21.6. The highest BCUT2D eigenvalue weighted by molar-refractivity contribution is 7.98. The molecule has 1 aliphatic rings. The van der Waals surface area contributed by atoms with Gasteiger partial charge in [-0.15, -0.1) is 0 Å². The molecule has 1 fully saturated rings. The molecule has 0 bridgehead atoms. The number of anilines is 1. The smallest absolute Gasteiger partial charge is 0.322 e. The second-order valence-corrected chi connectivity index (χ2v) is 8.26. The average molecular weight is 419 g/mol.